The van der Waals surface area contributed by atoms with E-state index in [2.05, 4.69) is 75.2 Å². The molecule has 0 radical (unpaired) electrons. The summed E-state index contributed by atoms with van der Waals surface area (Å²) in [7, 11) is -3.29. The maximum atomic E-state index is 8.11. The second-order valence-electron chi connectivity index (χ2n) is 7.44. The molecule has 0 aliphatic carbocycles. The SMILES string of the molecule is O=NO.O=NO.[Au+].[Au+].[CH2-][P+]([CH2-])(c1ccccc1)c1ccccc1.[CH2-][P+]([CH2-])(c1ccccc1)c1ccccc1. The van der Waals surface area contributed by atoms with Crippen LogP contribution in [0, 0.1) is 36.5 Å². The van der Waals surface area contributed by atoms with E-state index in [-0.39, 0.29) is 44.8 Å². The molecule has 6 nitrogen and oxygen atoms in total. The van der Waals surface area contributed by atoms with Crippen LogP contribution in [-0.4, -0.2) is 10.4 Å². The van der Waals surface area contributed by atoms with E-state index in [1.54, 1.807) is 0 Å². The van der Waals surface area contributed by atoms with Gasteiger partial charge in [-0.1, -0.05) is 72.8 Å². The summed E-state index contributed by atoms with van der Waals surface area (Å²) in [5.74, 6) is 0. The molecule has 0 aromatic heterocycles. The predicted octanol–water partition coefficient (Wildman–Crippen LogP) is 6.76. The molecule has 0 amide bonds. The Bertz CT molecular complexity index is 965. The Morgan fingerprint density at radius 1 is 0.421 bits per heavy atom. The van der Waals surface area contributed by atoms with Crippen molar-refractivity contribution in [2.75, 3.05) is 0 Å². The third-order valence-corrected chi connectivity index (χ3v) is 10.1. The van der Waals surface area contributed by atoms with Gasteiger partial charge >= 0.3 is 44.8 Å². The van der Waals surface area contributed by atoms with E-state index in [4.69, 9.17) is 20.2 Å². The average molecular weight is 914 g/mol. The average Bonchev–Trinajstić information content (AvgIpc) is 2.92. The monoisotopic (exact) mass is 914 g/mol. The van der Waals surface area contributed by atoms with Crippen molar-refractivity contribution in [3.63, 3.8) is 0 Å². The van der Waals surface area contributed by atoms with Gasteiger partial charge in [-0.25, -0.2) is 0 Å². The quantitative estimate of drug-likeness (QED) is 0.0779. The van der Waals surface area contributed by atoms with Crippen LogP contribution in [0.4, 0.5) is 0 Å². The Labute approximate surface area is 257 Å². The molecule has 10 heteroatoms. The molecule has 0 heterocycles. The van der Waals surface area contributed by atoms with Gasteiger partial charge in [0.25, 0.3) is 0 Å². The first-order chi connectivity index (χ1) is 17.2. The summed E-state index contributed by atoms with van der Waals surface area (Å²) < 4.78 is 0. The van der Waals surface area contributed by atoms with Crippen LogP contribution < -0.4 is 21.2 Å². The largest absolute Gasteiger partial charge is 1.00 e. The van der Waals surface area contributed by atoms with Crippen molar-refractivity contribution in [3.8, 4) is 0 Å². The summed E-state index contributed by atoms with van der Waals surface area (Å²) in [5, 5.41) is 20.8. The molecule has 0 aliphatic rings. The van der Waals surface area contributed by atoms with Gasteiger partial charge in [-0.2, -0.15) is 41.2 Å². The van der Waals surface area contributed by atoms with Gasteiger partial charge < -0.3 is 10.4 Å². The van der Waals surface area contributed by atoms with E-state index in [1.807, 2.05) is 72.8 Å². The summed E-state index contributed by atoms with van der Waals surface area (Å²) >= 11 is 0. The number of nitrogens with zero attached hydrogens (tertiary/aromatic N) is 2. The zero-order chi connectivity index (χ0) is 26.9. The van der Waals surface area contributed by atoms with Crippen LogP contribution in [0.15, 0.2) is 132 Å². The van der Waals surface area contributed by atoms with Gasteiger partial charge in [0, 0.05) is 21.2 Å². The smallest absolute Gasteiger partial charge is 0.379 e. The minimum absolute atomic E-state index is 0. The summed E-state index contributed by atoms with van der Waals surface area (Å²) in [4.78, 5) is 16.2. The fraction of sp³-hybridized carbons (Fsp3) is 0. The topological polar surface area (TPSA) is 99.3 Å². The molecule has 208 valence electrons. The summed E-state index contributed by atoms with van der Waals surface area (Å²) in [5.41, 5.74) is 0. The fourth-order valence-corrected chi connectivity index (χ4v) is 6.72. The molecule has 4 aromatic carbocycles. The van der Waals surface area contributed by atoms with Crippen LogP contribution in [0.25, 0.3) is 0 Å². The van der Waals surface area contributed by atoms with E-state index >= 15 is 0 Å². The molecule has 38 heavy (non-hydrogen) atoms. The Morgan fingerprint density at radius 2 is 0.553 bits per heavy atom. The zero-order valence-electron chi connectivity index (χ0n) is 20.5. The van der Waals surface area contributed by atoms with Gasteiger partial charge in [-0.05, 0) is 48.5 Å². The van der Waals surface area contributed by atoms with E-state index in [0.717, 1.165) is 0 Å². The van der Waals surface area contributed by atoms with Gasteiger partial charge in [-0.3, -0.25) is 0 Å². The molecule has 0 fully saturated rings. The van der Waals surface area contributed by atoms with E-state index in [9.17, 15) is 0 Å². The van der Waals surface area contributed by atoms with Crippen LogP contribution in [-0.2, 0) is 44.8 Å². The molecule has 4 rings (SSSR count). The van der Waals surface area contributed by atoms with Gasteiger partial charge in [0.1, 0.15) is 0 Å². The van der Waals surface area contributed by atoms with E-state index in [1.165, 1.54) is 31.9 Å². The normalized spacial score (nSPS) is 9.58. The molecule has 0 spiro atoms. The molecular formula is C28H30Au2N2O4P2. The van der Waals surface area contributed by atoms with Crippen LogP contribution >= 0.6 is 14.5 Å². The molecule has 0 unspecified atom stereocenters. The first-order valence-electron chi connectivity index (χ1n) is 10.6. The van der Waals surface area contributed by atoms with Crippen molar-refractivity contribution in [2.24, 2.45) is 10.7 Å². The number of hydrogen-bond donors (Lipinski definition) is 2. The van der Waals surface area contributed by atoms with Crippen molar-refractivity contribution in [1.29, 1.82) is 0 Å². The summed E-state index contributed by atoms with van der Waals surface area (Å²) in [6.45, 7) is 17.2. The molecule has 0 atom stereocenters. The maximum absolute atomic E-state index is 8.11. The Hall–Kier alpha value is -1.98. The van der Waals surface area contributed by atoms with Crippen molar-refractivity contribution < 1.29 is 55.2 Å². The predicted molar refractivity (Wildman–Crippen MR) is 155 cm³/mol. The van der Waals surface area contributed by atoms with Gasteiger partial charge in [-0.15, -0.1) is 9.81 Å². The third-order valence-electron chi connectivity index (χ3n) is 5.00. The van der Waals surface area contributed by atoms with Gasteiger partial charge in [0.15, 0.2) is 10.7 Å². The maximum Gasteiger partial charge on any atom is 1.00 e. The third kappa shape index (κ3) is 12.7. The minimum atomic E-state index is -1.65. The van der Waals surface area contributed by atoms with Crippen molar-refractivity contribution in [2.45, 2.75) is 0 Å². The molecular weight excluding hydrogens is 884 g/mol. The minimum Gasteiger partial charge on any atom is -0.379 e. The number of rotatable bonds is 4. The second kappa shape index (κ2) is 20.9. The first kappa shape index (κ1) is 38.2. The molecule has 0 aliphatic heterocycles. The van der Waals surface area contributed by atoms with E-state index < -0.39 is 14.5 Å². The van der Waals surface area contributed by atoms with Gasteiger partial charge in [0.2, 0.25) is 0 Å². The van der Waals surface area contributed by atoms with Crippen LogP contribution in [0.3, 0.4) is 0 Å². The number of benzene rings is 4. The van der Waals surface area contributed by atoms with Crippen LogP contribution in [0.5, 0.6) is 0 Å². The van der Waals surface area contributed by atoms with Gasteiger partial charge in [0.05, 0.1) is 0 Å². The molecule has 0 bridgehead atoms. The van der Waals surface area contributed by atoms with Crippen LogP contribution in [0.1, 0.15) is 0 Å². The molecule has 0 saturated carbocycles. The second-order valence-corrected chi connectivity index (χ2v) is 13.4. The molecule has 2 N–H and O–H groups in total. The molecule has 0 saturated heterocycles. The Balaban J connectivity index is 0. The Morgan fingerprint density at radius 3 is 0.684 bits per heavy atom. The summed E-state index contributed by atoms with van der Waals surface area (Å²) in [6, 6.07) is 41.3. The summed E-state index contributed by atoms with van der Waals surface area (Å²) in [6.07, 6.45) is 0. The van der Waals surface area contributed by atoms with E-state index in [0.29, 0.717) is 0 Å². The van der Waals surface area contributed by atoms with Crippen molar-refractivity contribution in [3.05, 3.63) is 158 Å². The van der Waals surface area contributed by atoms with Crippen molar-refractivity contribution >= 4 is 35.7 Å². The van der Waals surface area contributed by atoms with Crippen LogP contribution in [0.2, 0.25) is 0 Å². The molecule has 4 aromatic rings. The number of hydrogen-bond acceptors (Lipinski definition) is 4. The Kier molecular flexibility index (Phi) is 21.0. The zero-order valence-corrected chi connectivity index (χ0v) is 26.6. The fourth-order valence-electron chi connectivity index (χ4n) is 3.15. The first-order valence-corrected chi connectivity index (χ1v) is 14.9. The van der Waals surface area contributed by atoms with Crippen molar-refractivity contribution in [1.82, 2.24) is 0 Å². The standard InChI is InChI=1S/2C14H14P.2Au.2HNO2/c2*1-15(2,13-9-5-3-6-10-13)14-11-7-4-8-12-14;;;2*2-1-3/h2*3-12H,1-2H2;;;2*(H,2,3)/q2*-1;2*+1;;.